The number of nitrogens with one attached hydrogen (secondary N) is 1. The van der Waals surface area contributed by atoms with E-state index >= 15 is 0 Å². The Morgan fingerprint density at radius 1 is 1.44 bits per heavy atom. The van der Waals surface area contributed by atoms with Gasteiger partial charge < -0.3 is 5.32 Å². The van der Waals surface area contributed by atoms with Crippen LogP contribution in [0.3, 0.4) is 0 Å². The molecular formula is C21H26N4OS. The van der Waals surface area contributed by atoms with Gasteiger partial charge in [0.25, 0.3) is 0 Å². The number of aryl methyl sites for hydroxylation is 1. The van der Waals surface area contributed by atoms with Crippen molar-refractivity contribution in [1.82, 2.24) is 9.78 Å². The number of thiophene rings is 1. The zero-order valence-corrected chi connectivity index (χ0v) is 17.2. The molecule has 2 heterocycles. The van der Waals surface area contributed by atoms with Crippen LogP contribution in [0.1, 0.15) is 61.1 Å². The summed E-state index contributed by atoms with van der Waals surface area (Å²) < 4.78 is 1.77. The van der Waals surface area contributed by atoms with Crippen molar-refractivity contribution in [3.05, 3.63) is 34.0 Å². The third-order valence-corrected chi connectivity index (χ3v) is 7.29. The van der Waals surface area contributed by atoms with Gasteiger partial charge in [-0.15, -0.1) is 11.3 Å². The first kappa shape index (κ1) is 18.2. The molecular weight excluding hydrogens is 356 g/mol. The first-order valence-corrected chi connectivity index (χ1v) is 10.4. The predicted octanol–water partition coefficient (Wildman–Crippen LogP) is 4.25. The molecule has 27 heavy (non-hydrogen) atoms. The van der Waals surface area contributed by atoms with Crippen LogP contribution in [0.15, 0.2) is 12.4 Å². The average Bonchev–Trinajstić information content (AvgIpc) is 3.17. The van der Waals surface area contributed by atoms with Crippen LogP contribution in [-0.2, 0) is 24.7 Å². The lowest BCUT2D eigenvalue weighted by Gasteiger charge is -2.33. The highest BCUT2D eigenvalue weighted by atomic mass is 32.1. The lowest BCUT2D eigenvalue weighted by Crippen LogP contribution is -2.26. The van der Waals surface area contributed by atoms with E-state index in [4.69, 9.17) is 0 Å². The predicted molar refractivity (Wildman–Crippen MR) is 107 cm³/mol. The van der Waals surface area contributed by atoms with Gasteiger partial charge in [-0.1, -0.05) is 20.8 Å². The monoisotopic (exact) mass is 382 g/mol. The quantitative estimate of drug-likeness (QED) is 0.863. The van der Waals surface area contributed by atoms with Crippen molar-refractivity contribution < 1.29 is 4.79 Å². The zero-order chi connectivity index (χ0) is 19.3. The van der Waals surface area contributed by atoms with Gasteiger partial charge in [-0.2, -0.15) is 10.4 Å². The highest BCUT2D eigenvalue weighted by molar-refractivity contribution is 7.16. The molecule has 2 aliphatic carbocycles. The summed E-state index contributed by atoms with van der Waals surface area (Å²) in [5, 5.41) is 17.7. The number of anilines is 1. The normalized spacial score (nSPS) is 24.2. The second kappa shape index (κ2) is 6.49. The molecule has 0 radical (unpaired) electrons. The molecule has 4 rings (SSSR count). The number of aromatic nitrogens is 2. The van der Waals surface area contributed by atoms with Crippen LogP contribution in [0.5, 0.6) is 0 Å². The SMILES string of the molecule is Cn1cc(C2CC2C(=O)Nc2sc3c(c2C#N)CCC(C(C)(C)C)C3)cn1. The fraction of sp³-hybridized carbons (Fsp3) is 0.571. The van der Waals surface area contributed by atoms with Crippen molar-refractivity contribution >= 4 is 22.2 Å². The molecule has 142 valence electrons. The minimum atomic E-state index is -0.0119. The molecule has 1 amide bonds. The maximum Gasteiger partial charge on any atom is 0.228 e. The molecule has 0 aromatic carbocycles. The van der Waals surface area contributed by atoms with E-state index < -0.39 is 0 Å². The van der Waals surface area contributed by atoms with Gasteiger partial charge in [0.1, 0.15) is 11.1 Å². The van der Waals surface area contributed by atoms with Gasteiger partial charge in [-0.05, 0) is 54.1 Å². The van der Waals surface area contributed by atoms with E-state index in [-0.39, 0.29) is 23.2 Å². The molecule has 1 saturated carbocycles. The maximum atomic E-state index is 12.7. The van der Waals surface area contributed by atoms with Crippen LogP contribution >= 0.6 is 11.3 Å². The summed E-state index contributed by atoms with van der Waals surface area (Å²) in [6.07, 6.45) is 7.74. The maximum absolute atomic E-state index is 12.7. The largest absolute Gasteiger partial charge is 0.316 e. The highest BCUT2D eigenvalue weighted by Crippen LogP contribution is 2.49. The Morgan fingerprint density at radius 2 is 2.22 bits per heavy atom. The molecule has 0 aliphatic heterocycles. The third-order valence-electron chi connectivity index (χ3n) is 6.12. The number of fused-ring (bicyclic) bond motifs is 1. The first-order valence-electron chi connectivity index (χ1n) is 9.62. The number of nitriles is 1. The number of hydrogen-bond donors (Lipinski definition) is 1. The van der Waals surface area contributed by atoms with E-state index in [0.717, 1.165) is 41.8 Å². The number of amides is 1. The molecule has 3 atom stereocenters. The number of nitrogens with zero attached hydrogens (tertiary/aromatic N) is 3. The molecule has 0 bridgehead atoms. The minimum absolute atomic E-state index is 0.0119. The standard InChI is InChI=1S/C21H26N4OS/c1-21(2,3)13-5-6-14-17(9-22)20(27-18(14)7-13)24-19(26)16-8-15(16)12-10-23-25(4)11-12/h10-11,13,15-16H,5-8H2,1-4H3,(H,24,26). The summed E-state index contributed by atoms with van der Waals surface area (Å²) in [5.41, 5.74) is 3.24. The smallest absolute Gasteiger partial charge is 0.228 e. The van der Waals surface area contributed by atoms with Gasteiger partial charge >= 0.3 is 0 Å². The molecule has 2 aromatic heterocycles. The van der Waals surface area contributed by atoms with Crippen molar-refractivity contribution in [2.24, 2.45) is 24.3 Å². The summed E-state index contributed by atoms with van der Waals surface area (Å²) >= 11 is 1.61. The van der Waals surface area contributed by atoms with Gasteiger partial charge in [0, 0.05) is 24.0 Å². The summed E-state index contributed by atoms with van der Waals surface area (Å²) in [4.78, 5) is 14.0. The Hall–Kier alpha value is -2.13. The van der Waals surface area contributed by atoms with Crippen molar-refractivity contribution in [3.8, 4) is 6.07 Å². The van der Waals surface area contributed by atoms with Crippen LogP contribution in [0.25, 0.3) is 0 Å². The Morgan fingerprint density at radius 3 is 2.85 bits per heavy atom. The number of hydrogen-bond acceptors (Lipinski definition) is 4. The van der Waals surface area contributed by atoms with Gasteiger partial charge in [0.2, 0.25) is 5.91 Å². The van der Waals surface area contributed by atoms with E-state index in [1.165, 1.54) is 4.88 Å². The van der Waals surface area contributed by atoms with Crippen molar-refractivity contribution in [1.29, 1.82) is 5.26 Å². The van der Waals surface area contributed by atoms with Crippen LogP contribution in [0.2, 0.25) is 0 Å². The van der Waals surface area contributed by atoms with Gasteiger partial charge in [0.15, 0.2) is 0 Å². The van der Waals surface area contributed by atoms with Crippen LogP contribution in [-0.4, -0.2) is 15.7 Å². The molecule has 6 heteroatoms. The van der Waals surface area contributed by atoms with Gasteiger partial charge in [0.05, 0.1) is 11.8 Å². The topological polar surface area (TPSA) is 70.7 Å². The number of carbonyl (C=O) groups is 1. The third kappa shape index (κ3) is 3.41. The summed E-state index contributed by atoms with van der Waals surface area (Å²) in [7, 11) is 1.89. The van der Waals surface area contributed by atoms with Crippen LogP contribution in [0.4, 0.5) is 5.00 Å². The van der Waals surface area contributed by atoms with E-state index in [0.29, 0.717) is 11.5 Å². The van der Waals surface area contributed by atoms with Crippen molar-refractivity contribution in [3.63, 3.8) is 0 Å². The fourth-order valence-electron chi connectivity index (χ4n) is 4.22. The Kier molecular flexibility index (Phi) is 4.38. The molecule has 0 saturated heterocycles. The molecule has 3 unspecified atom stereocenters. The summed E-state index contributed by atoms with van der Waals surface area (Å²) in [6.45, 7) is 6.86. The Labute approximate surface area is 164 Å². The fourth-order valence-corrected chi connectivity index (χ4v) is 5.50. The molecule has 1 fully saturated rings. The molecule has 0 spiro atoms. The first-order chi connectivity index (χ1) is 12.8. The van der Waals surface area contributed by atoms with Crippen LogP contribution in [0, 0.1) is 28.6 Å². The molecule has 5 nitrogen and oxygen atoms in total. The van der Waals surface area contributed by atoms with Crippen molar-refractivity contribution in [2.45, 2.75) is 52.4 Å². The zero-order valence-electron chi connectivity index (χ0n) is 16.4. The van der Waals surface area contributed by atoms with Gasteiger partial charge in [-0.3, -0.25) is 9.48 Å². The minimum Gasteiger partial charge on any atom is -0.316 e. The average molecular weight is 383 g/mol. The number of carbonyl (C=O) groups excluding carboxylic acids is 1. The Balaban J connectivity index is 1.50. The number of rotatable bonds is 3. The van der Waals surface area contributed by atoms with Crippen molar-refractivity contribution in [2.75, 3.05) is 5.32 Å². The lowest BCUT2D eigenvalue weighted by molar-refractivity contribution is -0.117. The van der Waals surface area contributed by atoms with E-state index in [1.807, 2.05) is 19.4 Å². The summed E-state index contributed by atoms with van der Waals surface area (Å²) in [6, 6.07) is 2.35. The highest BCUT2D eigenvalue weighted by Gasteiger charge is 2.45. The second-order valence-corrected chi connectivity index (χ2v) is 10.1. The van der Waals surface area contributed by atoms with Crippen LogP contribution < -0.4 is 5.32 Å². The lowest BCUT2D eigenvalue weighted by atomic mass is 9.72. The molecule has 1 N–H and O–H groups in total. The van der Waals surface area contributed by atoms with E-state index in [9.17, 15) is 10.1 Å². The second-order valence-electron chi connectivity index (χ2n) is 9.01. The molecule has 2 aliphatic rings. The Bertz CT molecular complexity index is 927. The summed E-state index contributed by atoms with van der Waals surface area (Å²) in [5.74, 6) is 0.898. The van der Waals surface area contributed by atoms with Gasteiger partial charge in [-0.25, -0.2) is 0 Å². The van der Waals surface area contributed by atoms with E-state index in [1.54, 1.807) is 16.0 Å². The molecule has 2 aromatic rings. The van der Waals surface area contributed by atoms with E-state index in [2.05, 4.69) is 37.3 Å².